The maximum absolute atomic E-state index is 13.7. The molecule has 6 heteroatoms. The van der Waals surface area contributed by atoms with Crippen LogP contribution in [0.2, 0.25) is 0 Å². The van der Waals surface area contributed by atoms with Crippen LogP contribution in [-0.2, 0) is 4.79 Å². The number of likely N-dealkylation sites (N-methyl/N-ethyl adjacent to an activating group) is 1. The Hall–Kier alpha value is -1.53. The van der Waals surface area contributed by atoms with Crippen molar-refractivity contribution in [3.63, 3.8) is 0 Å². The average Bonchev–Trinajstić information content (AvgIpc) is 2.29. The fraction of sp³-hybridized carbons (Fsp3) is 0.333. The molecule has 1 aromatic rings. The number of aliphatic carboxylic acids is 1. The molecule has 4 nitrogen and oxygen atoms in total. The topological polar surface area (TPSA) is 66.6 Å². The van der Waals surface area contributed by atoms with Crippen LogP contribution in [-0.4, -0.2) is 34.6 Å². The summed E-state index contributed by atoms with van der Waals surface area (Å²) in [4.78, 5) is 12.3. The van der Waals surface area contributed by atoms with Crippen LogP contribution in [0.15, 0.2) is 24.3 Å². The number of halogens is 1. The second-order valence-electron chi connectivity index (χ2n) is 3.95. The van der Waals surface area contributed by atoms with Crippen molar-refractivity contribution in [2.75, 3.05) is 13.6 Å². The highest BCUT2D eigenvalue weighted by Gasteiger charge is 2.23. The molecule has 18 heavy (non-hydrogen) atoms. The van der Waals surface area contributed by atoms with Crippen LogP contribution in [0.3, 0.4) is 0 Å². The predicted molar refractivity (Wildman–Crippen MR) is 70.8 cm³/mol. The van der Waals surface area contributed by atoms with Crippen LogP contribution in [0.25, 0.3) is 0 Å². The molecule has 98 valence electrons. The van der Waals surface area contributed by atoms with Crippen LogP contribution in [0.4, 0.5) is 4.39 Å². The molecule has 0 radical (unpaired) electrons. The van der Waals surface area contributed by atoms with Crippen molar-refractivity contribution in [1.82, 2.24) is 4.90 Å². The van der Waals surface area contributed by atoms with E-state index in [2.05, 4.69) is 0 Å². The van der Waals surface area contributed by atoms with E-state index in [9.17, 15) is 9.18 Å². The number of benzene rings is 1. The normalized spacial score (nSPS) is 12.4. The quantitative estimate of drug-likeness (QED) is 0.768. The molecule has 1 atom stereocenters. The van der Waals surface area contributed by atoms with Gasteiger partial charge in [0.1, 0.15) is 5.82 Å². The number of thiocarbonyl (C=S) groups is 1. The average molecular weight is 270 g/mol. The molecule has 0 heterocycles. The van der Waals surface area contributed by atoms with Crippen molar-refractivity contribution in [1.29, 1.82) is 0 Å². The molecule has 1 aromatic carbocycles. The van der Waals surface area contributed by atoms with Crippen LogP contribution in [0.5, 0.6) is 0 Å². The van der Waals surface area contributed by atoms with Gasteiger partial charge in [0.25, 0.3) is 0 Å². The Morgan fingerprint density at radius 2 is 2.17 bits per heavy atom. The molecule has 0 aliphatic heterocycles. The van der Waals surface area contributed by atoms with E-state index in [1.807, 2.05) is 0 Å². The molecule has 0 aliphatic carbocycles. The second-order valence-corrected chi connectivity index (χ2v) is 4.42. The number of carboxylic acids is 1. The van der Waals surface area contributed by atoms with Crippen molar-refractivity contribution in [2.24, 2.45) is 5.73 Å². The molecule has 0 saturated carbocycles. The van der Waals surface area contributed by atoms with Gasteiger partial charge in [0.2, 0.25) is 0 Å². The highest BCUT2D eigenvalue weighted by atomic mass is 32.1. The van der Waals surface area contributed by atoms with Crippen LogP contribution in [0.1, 0.15) is 18.0 Å². The first kappa shape index (κ1) is 14.5. The summed E-state index contributed by atoms with van der Waals surface area (Å²) in [6, 6.07) is 5.59. The van der Waals surface area contributed by atoms with Gasteiger partial charge in [-0.15, -0.1) is 0 Å². The van der Waals surface area contributed by atoms with Crippen molar-refractivity contribution in [3.05, 3.63) is 35.6 Å². The molecule has 3 N–H and O–H groups in total. The molecule has 0 saturated heterocycles. The first-order valence-electron chi connectivity index (χ1n) is 5.39. The van der Waals surface area contributed by atoms with E-state index in [-0.39, 0.29) is 18.0 Å². The number of nitrogens with zero attached hydrogens (tertiary/aromatic N) is 1. The summed E-state index contributed by atoms with van der Waals surface area (Å²) in [5.74, 6) is -1.32. The minimum Gasteiger partial charge on any atom is -0.481 e. The molecule has 0 aromatic heterocycles. The predicted octanol–water partition coefficient (Wildman–Crippen LogP) is 1.56. The second kappa shape index (κ2) is 6.42. The van der Waals surface area contributed by atoms with Crippen molar-refractivity contribution >= 4 is 23.2 Å². The lowest BCUT2D eigenvalue weighted by atomic mass is 10.0. The first-order valence-corrected chi connectivity index (χ1v) is 5.80. The van der Waals surface area contributed by atoms with Gasteiger partial charge in [0.15, 0.2) is 0 Å². The van der Waals surface area contributed by atoms with E-state index < -0.39 is 17.8 Å². The third kappa shape index (κ3) is 3.75. The van der Waals surface area contributed by atoms with Crippen LogP contribution in [0, 0.1) is 5.82 Å². The fourth-order valence-electron chi connectivity index (χ4n) is 1.71. The molecule has 1 unspecified atom stereocenters. The largest absolute Gasteiger partial charge is 0.481 e. The Balaban J connectivity index is 2.93. The first-order chi connectivity index (χ1) is 8.43. The Morgan fingerprint density at radius 1 is 1.56 bits per heavy atom. The van der Waals surface area contributed by atoms with Gasteiger partial charge in [-0.3, -0.25) is 9.69 Å². The highest BCUT2D eigenvalue weighted by Crippen LogP contribution is 2.22. The SMILES string of the molecule is CN(CCC(=O)O)C(C(N)=S)c1ccccc1F. The lowest BCUT2D eigenvalue weighted by Gasteiger charge is -2.27. The summed E-state index contributed by atoms with van der Waals surface area (Å²) >= 11 is 4.94. The Bertz CT molecular complexity index is 453. The van der Waals surface area contributed by atoms with E-state index in [0.717, 1.165) is 0 Å². The van der Waals surface area contributed by atoms with E-state index in [0.29, 0.717) is 5.56 Å². The van der Waals surface area contributed by atoms with Gasteiger partial charge in [-0.1, -0.05) is 30.4 Å². The number of hydrogen-bond donors (Lipinski definition) is 2. The number of hydrogen-bond acceptors (Lipinski definition) is 3. The molecule has 0 aliphatic rings. The van der Waals surface area contributed by atoms with Crippen LogP contribution < -0.4 is 5.73 Å². The van der Waals surface area contributed by atoms with E-state index >= 15 is 0 Å². The molecular formula is C12H15FN2O2S. The van der Waals surface area contributed by atoms with E-state index in [1.165, 1.54) is 6.07 Å². The lowest BCUT2D eigenvalue weighted by Crippen LogP contribution is -2.36. The van der Waals surface area contributed by atoms with E-state index in [1.54, 1.807) is 30.1 Å². The zero-order valence-corrected chi connectivity index (χ0v) is 10.8. The third-order valence-electron chi connectivity index (χ3n) is 2.59. The monoisotopic (exact) mass is 270 g/mol. The summed E-state index contributed by atoms with van der Waals surface area (Å²) in [6.45, 7) is 0.242. The standard InChI is InChI=1S/C12H15FN2O2S/c1-15(7-6-10(16)17)11(12(14)18)8-4-2-3-5-9(8)13/h2-5,11H,6-7H2,1H3,(H2,14,18)(H,16,17). The minimum absolute atomic E-state index is 0.0515. The summed E-state index contributed by atoms with van der Waals surface area (Å²) in [7, 11) is 1.67. The zero-order valence-electron chi connectivity index (χ0n) is 9.97. The maximum Gasteiger partial charge on any atom is 0.304 e. The number of nitrogens with two attached hydrogens (primary N) is 1. The molecule has 0 spiro atoms. The van der Waals surface area contributed by atoms with Gasteiger partial charge in [-0.05, 0) is 13.1 Å². The highest BCUT2D eigenvalue weighted by molar-refractivity contribution is 7.80. The van der Waals surface area contributed by atoms with Gasteiger partial charge in [0, 0.05) is 12.1 Å². The lowest BCUT2D eigenvalue weighted by molar-refractivity contribution is -0.137. The van der Waals surface area contributed by atoms with Crippen molar-refractivity contribution in [3.8, 4) is 0 Å². The van der Waals surface area contributed by atoms with E-state index in [4.69, 9.17) is 23.1 Å². The Kier molecular flexibility index (Phi) is 5.18. The zero-order chi connectivity index (χ0) is 13.7. The minimum atomic E-state index is -0.919. The molecule has 0 amide bonds. The molecule has 1 rings (SSSR count). The summed E-state index contributed by atoms with van der Waals surface area (Å²) in [5.41, 5.74) is 5.98. The van der Waals surface area contributed by atoms with Gasteiger partial charge in [0.05, 0.1) is 17.5 Å². The van der Waals surface area contributed by atoms with Gasteiger partial charge in [-0.2, -0.15) is 0 Å². The number of carboxylic acid groups (broad SMARTS) is 1. The van der Waals surface area contributed by atoms with Crippen LogP contribution >= 0.6 is 12.2 Å². The molecule has 0 fully saturated rings. The van der Waals surface area contributed by atoms with Gasteiger partial charge >= 0.3 is 5.97 Å². The molecular weight excluding hydrogens is 255 g/mol. The third-order valence-corrected chi connectivity index (χ3v) is 2.81. The maximum atomic E-state index is 13.7. The number of carbonyl (C=O) groups is 1. The Labute approximate surface area is 110 Å². The van der Waals surface area contributed by atoms with Gasteiger partial charge in [-0.25, -0.2) is 4.39 Å². The van der Waals surface area contributed by atoms with Crippen molar-refractivity contribution < 1.29 is 14.3 Å². The summed E-state index contributed by atoms with van der Waals surface area (Å²) < 4.78 is 13.7. The fourth-order valence-corrected chi connectivity index (χ4v) is 2.01. The Morgan fingerprint density at radius 3 is 2.67 bits per heavy atom. The number of rotatable bonds is 6. The summed E-state index contributed by atoms with van der Waals surface area (Å²) in [6.07, 6.45) is -0.0515. The summed E-state index contributed by atoms with van der Waals surface area (Å²) in [5, 5.41) is 8.64. The molecule has 0 bridgehead atoms. The van der Waals surface area contributed by atoms with Crippen molar-refractivity contribution in [2.45, 2.75) is 12.5 Å². The smallest absolute Gasteiger partial charge is 0.304 e. The van der Waals surface area contributed by atoms with Gasteiger partial charge < -0.3 is 10.8 Å².